The van der Waals surface area contributed by atoms with Gasteiger partial charge in [0.2, 0.25) is 11.8 Å². The zero-order valence-electron chi connectivity index (χ0n) is 33.3. The number of H-pyrrole nitrogens is 1. The van der Waals surface area contributed by atoms with Gasteiger partial charge in [-0.15, -0.1) is 0 Å². The van der Waals surface area contributed by atoms with Crippen LogP contribution in [0.1, 0.15) is 75.6 Å². The first-order valence-corrected chi connectivity index (χ1v) is 19.5. The molecule has 302 valence electrons. The molecule has 6 rings (SSSR count). The van der Waals surface area contributed by atoms with Crippen molar-refractivity contribution < 1.29 is 33.4 Å². The van der Waals surface area contributed by atoms with E-state index >= 15 is 0 Å². The number of rotatable bonds is 12. The van der Waals surface area contributed by atoms with E-state index in [4.69, 9.17) is 14.5 Å². The van der Waals surface area contributed by atoms with Crippen molar-refractivity contribution in [2.75, 3.05) is 33.9 Å². The Morgan fingerprint density at radius 3 is 2.05 bits per heavy atom. The van der Waals surface area contributed by atoms with Crippen molar-refractivity contribution >= 4 is 40.8 Å². The number of alkyl carbamates (subject to hydrolysis) is 2. The van der Waals surface area contributed by atoms with Crippen LogP contribution in [-0.2, 0) is 19.1 Å². The molecular formula is C42H52N8O7. The highest BCUT2D eigenvalue weighted by molar-refractivity contribution is 5.95. The maximum atomic E-state index is 13.6. The zero-order valence-corrected chi connectivity index (χ0v) is 33.3. The fourth-order valence-electron chi connectivity index (χ4n) is 7.62. The van der Waals surface area contributed by atoms with Crippen molar-refractivity contribution in [1.29, 1.82) is 0 Å². The molecule has 4 heterocycles. The van der Waals surface area contributed by atoms with Crippen molar-refractivity contribution in [3.05, 3.63) is 72.2 Å². The van der Waals surface area contributed by atoms with Crippen molar-refractivity contribution in [2.24, 2.45) is 11.8 Å². The smallest absolute Gasteiger partial charge is 0.407 e. The molecule has 0 aliphatic carbocycles. The Bertz CT molecular complexity index is 2100. The number of methoxy groups -OCH3 is 2. The number of fused-ring (bicyclic) bond motifs is 1. The topological polar surface area (TPSA) is 188 Å². The quantitative estimate of drug-likeness (QED) is 0.145. The summed E-state index contributed by atoms with van der Waals surface area (Å²) in [5.74, 6) is -0.129. The second-order valence-corrected chi connectivity index (χ2v) is 15.3. The first kappa shape index (κ1) is 40.7. The molecule has 57 heavy (non-hydrogen) atoms. The number of aromatic amines is 1. The van der Waals surface area contributed by atoms with Crippen LogP contribution in [-0.4, -0.2) is 107 Å². The zero-order chi connectivity index (χ0) is 40.8. The van der Waals surface area contributed by atoms with Crippen molar-refractivity contribution in [3.63, 3.8) is 0 Å². The Hall–Kier alpha value is -5.99. The molecule has 2 fully saturated rings. The average molecular weight is 781 g/mol. The van der Waals surface area contributed by atoms with Crippen LogP contribution in [0.2, 0.25) is 0 Å². The van der Waals surface area contributed by atoms with E-state index in [9.17, 15) is 24.0 Å². The summed E-state index contributed by atoms with van der Waals surface area (Å²) in [4.78, 5) is 80.4. The third-order valence-electron chi connectivity index (χ3n) is 10.8. The second-order valence-electron chi connectivity index (χ2n) is 15.3. The molecule has 15 heteroatoms. The largest absolute Gasteiger partial charge is 0.453 e. The van der Waals surface area contributed by atoms with Crippen LogP contribution < -0.4 is 16.0 Å². The number of imidazole rings is 1. The van der Waals surface area contributed by atoms with Crippen LogP contribution in [0.3, 0.4) is 0 Å². The lowest BCUT2D eigenvalue weighted by Crippen LogP contribution is -2.54. The Balaban J connectivity index is 1.08. The highest BCUT2D eigenvalue weighted by Gasteiger charge is 2.38. The summed E-state index contributed by atoms with van der Waals surface area (Å²) < 4.78 is 9.46. The number of hydrogen-bond donors (Lipinski definition) is 4. The predicted octanol–water partition coefficient (Wildman–Crippen LogP) is 5.44. The minimum absolute atomic E-state index is 0.119. The molecular weight excluding hydrogens is 729 g/mol. The van der Waals surface area contributed by atoms with Crippen LogP contribution in [0.25, 0.3) is 33.4 Å². The van der Waals surface area contributed by atoms with E-state index in [2.05, 4.69) is 25.9 Å². The fourth-order valence-corrected chi connectivity index (χ4v) is 7.62. The molecule has 5 amide bonds. The Labute approximate surface area is 332 Å². The summed E-state index contributed by atoms with van der Waals surface area (Å²) in [6.45, 7) is 8.95. The minimum atomic E-state index is -0.715. The minimum Gasteiger partial charge on any atom is -0.453 e. The molecule has 2 aliphatic rings. The normalized spacial score (nSPS) is 17.8. The number of ether oxygens (including phenoxy) is 2. The van der Waals surface area contributed by atoms with Gasteiger partial charge in [0.25, 0.3) is 5.91 Å². The average Bonchev–Trinajstić information content (AvgIpc) is 4.01. The van der Waals surface area contributed by atoms with E-state index in [-0.39, 0.29) is 41.6 Å². The van der Waals surface area contributed by atoms with Gasteiger partial charge in [0.05, 0.1) is 43.4 Å². The van der Waals surface area contributed by atoms with Gasteiger partial charge in [-0.1, -0.05) is 52.0 Å². The number of carbonyl (C=O) groups is 5. The molecule has 0 bridgehead atoms. The van der Waals surface area contributed by atoms with Gasteiger partial charge in [-0.2, -0.15) is 0 Å². The lowest BCUT2D eigenvalue weighted by molar-refractivity contribution is -0.136. The van der Waals surface area contributed by atoms with E-state index in [1.54, 1.807) is 28.1 Å². The number of pyridine rings is 1. The van der Waals surface area contributed by atoms with Gasteiger partial charge in [0.1, 0.15) is 17.9 Å². The van der Waals surface area contributed by atoms with Crippen LogP contribution in [0.4, 0.5) is 9.59 Å². The highest BCUT2D eigenvalue weighted by Crippen LogP contribution is 2.33. The van der Waals surface area contributed by atoms with Crippen molar-refractivity contribution in [3.8, 4) is 22.5 Å². The van der Waals surface area contributed by atoms with E-state index in [1.165, 1.54) is 14.2 Å². The molecule has 0 spiro atoms. The second kappa shape index (κ2) is 17.9. The fraction of sp³-hybridized carbons (Fsp3) is 0.452. The van der Waals surface area contributed by atoms with Crippen molar-refractivity contribution in [1.82, 2.24) is 40.7 Å². The number of amides is 5. The molecule has 2 aromatic heterocycles. The van der Waals surface area contributed by atoms with Gasteiger partial charge in [-0.25, -0.2) is 19.6 Å². The first-order chi connectivity index (χ1) is 27.4. The van der Waals surface area contributed by atoms with E-state index < -0.39 is 24.3 Å². The maximum Gasteiger partial charge on any atom is 0.407 e. The monoisotopic (exact) mass is 780 g/mol. The SMILES string of the molecule is COC(=O)N[C@H](C(=O)N1CCC[C@H]1CNC(=O)c1ccc(-c2ccc3cc(-c4cnc([C@@H]5CCCN5C(=O)[C@@H](NC(=O)OC)C(C)C)[nH]4)ccc3n2)cc1)C(C)C. The summed E-state index contributed by atoms with van der Waals surface area (Å²) in [5, 5.41) is 9.26. The predicted molar refractivity (Wildman–Crippen MR) is 214 cm³/mol. The van der Waals surface area contributed by atoms with E-state index in [0.717, 1.165) is 59.1 Å². The van der Waals surface area contributed by atoms with Gasteiger partial charge < -0.3 is 40.2 Å². The van der Waals surface area contributed by atoms with Crippen LogP contribution in [0.5, 0.6) is 0 Å². The van der Waals surface area contributed by atoms with Crippen LogP contribution >= 0.6 is 0 Å². The Kier molecular flexibility index (Phi) is 12.7. The van der Waals surface area contributed by atoms with Gasteiger partial charge in [-0.05, 0) is 67.9 Å². The molecule has 2 aromatic carbocycles. The maximum absolute atomic E-state index is 13.6. The number of hydrogen-bond acceptors (Lipinski definition) is 9. The number of likely N-dealkylation sites (tertiary alicyclic amines) is 2. The molecule has 2 aliphatic heterocycles. The molecule has 4 aromatic rings. The summed E-state index contributed by atoms with van der Waals surface area (Å²) in [6, 6.07) is 15.4. The van der Waals surface area contributed by atoms with Gasteiger partial charge in [0.15, 0.2) is 0 Å². The summed E-state index contributed by atoms with van der Waals surface area (Å²) in [5.41, 5.74) is 4.67. The number of benzene rings is 2. The van der Waals surface area contributed by atoms with E-state index in [0.29, 0.717) is 31.0 Å². The third-order valence-corrected chi connectivity index (χ3v) is 10.8. The van der Waals surface area contributed by atoms with Gasteiger partial charge in [-0.3, -0.25) is 14.4 Å². The molecule has 0 saturated carbocycles. The standard InChI is InChI=1S/C42H52N8O7/c1-24(2)35(47-41(54)56-5)39(52)49-19-7-9-30(49)22-44-38(51)27-13-11-26(12-14-27)31-17-15-28-21-29(16-18-32(28)45-31)33-23-43-37(46-33)34-10-8-20-50(34)40(53)36(25(3)4)48-42(55)57-6/h11-18,21,23-25,30,34-36H,7-10,19-20,22H2,1-6H3,(H,43,46)(H,44,51)(H,47,54)(H,48,55)/t30-,34-,35-,36-/m0/s1. The summed E-state index contributed by atoms with van der Waals surface area (Å²) >= 11 is 0. The third kappa shape index (κ3) is 9.19. The van der Waals surface area contributed by atoms with Crippen LogP contribution in [0.15, 0.2) is 60.8 Å². The summed E-state index contributed by atoms with van der Waals surface area (Å²) in [7, 11) is 2.55. The number of carbonyl (C=O) groups excluding carboxylic acids is 5. The molecule has 2 saturated heterocycles. The van der Waals surface area contributed by atoms with E-state index in [1.807, 2.05) is 70.2 Å². The first-order valence-electron chi connectivity index (χ1n) is 19.5. The Morgan fingerprint density at radius 2 is 1.40 bits per heavy atom. The number of nitrogens with one attached hydrogen (secondary N) is 4. The molecule has 15 nitrogen and oxygen atoms in total. The molecule has 4 N–H and O–H groups in total. The molecule has 4 atom stereocenters. The van der Waals surface area contributed by atoms with Crippen molar-refractivity contribution in [2.45, 2.75) is 77.5 Å². The lowest BCUT2D eigenvalue weighted by atomic mass is 10.0. The van der Waals surface area contributed by atoms with Gasteiger partial charge in [0, 0.05) is 47.8 Å². The molecule has 0 unspecified atom stereocenters. The molecule has 0 radical (unpaired) electrons. The Morgan fingerprint density at radius 1 is 0.789 bits per heavy atom. The van der Waals surface area contributed by atoms with Crippen LogP contribution in [0, 0.1) is 11.8 Å². The number of nitrogens with zero attached hydrogens (tertiary/aromatic N) is 4. The summed E-state index contributed by atoms with van der Waals surface area (Å²) in [6.07, 6.45) is 3.65. The number of aromatic nitrogens is 3. The highest BCUT2D eigenvalue weighted by atomic mass is 16.5. The van der Waals surface area contributed by atoms with Gasteiger partial charge >= 0.3 is 12.2 Å². The lowest BCUT2D eigenvalue weighted by Gasteiger charge is -2.30.